The summed E-state index contributed by atoms with van der Waals surface area (Å²) >= 11 is 0. The highest BCUT2D eigenvalue weighted by atomic mass is 16.1. The zero-order valence-electron chi connectivity index (χ0n) is 9.24. The first-order valence-corrected chi connectivity index (χ1v) is 4.85. The summed E-state index contributed by atoms with van der Waals surface area (Å²) in [5.41, 5.74) is 3.38. The van der Waals surface area contributed by atoms with Gasteiger partial charge in [0.15, 0.2) is 0 Å². The van der Waals surface area contributed by atoms with Crippen molar-refractivity contribution in [3.05, 3.63) is 29.3 Å². The second-order valence-electron chi connectivity index (χ2n) is 3.92. The number of carbonyl (C=O) groups is 1. The van der Waals surface area contributed by atoms with Crippen molar-refractivity contribution in [1.82, 2.24) is 0 Å². The van der Waals surface area contributed by atoms with E-state index in [9.17, 15) is 4.79 Å². The van der Waals surface area contributed by atoms with E-state index in [1.54, 1.807) is 11.9 Å². The molecule has 0 aliphatic carbocycles. The molecule has 2 heteroatoms. The Morgan fingerprint density at radius 2 is 2.00 bits per heavy atom. The molecule has 2 nitrogen and oxygen atoms in total. The summed E-state index contributed by atoms with van der Waals surface area (Å²) in [5.74, 6) is 0.495. The summed E-state index contributed by atoms with van der Waals surface area (Å²) in [6.07, 6.45) is 0.840. The van der Waals surface area contributed by atoms with E-state index < -0.39 is 0 Å². The van der Waals surface area contributed by atoms with E-state index in [0.29, 0.717) is 5.92 Å². The Labute approximate surface area is 85.5 Å². The van der Waals surface area contributed by atoms with Crippen LogP contribution < -0.4 is 4.90 Å². The Hall–Kier alpha value is -1.31. The van der Waals surface area contributed by atoms with E-state index in [1.807, 2.05) is 6.92 Å². The van der Waals surface area contributed by atoms with Gasteiger partial charge in [-0.15, -0.1) is 0 Å². The van der Waals surface area contributed by atoms with Gasteiger partial charge in [-0.25, -0.2) is 0 Å². The predicted octanol–water partition coefficient (Wildman–Crippen LogP) is 2.71. The van der Waals surface area contributed by atoms with E-state index in [1.165, 1.54) is 5.56 Å². The van der Waals surface area contributed by atoms with Crippen molar-refractivity contribution in [3.63, 3.8) is 0 Å². The van der Waals surface area contributed by atoms with Crippen LogP contribution in [0.4, 0.5) is 5.69 Å². The number of rotatable bonds is 3. The lowest BCUT2D eigenvalue weighted by molar-refractivity contribution is -0.107. The highest BCUT2D eigenvalue weighted by molar-refractivity contribution is 5.76. The Balaban J connectivity index is 3.14. The van der Waals surface area contributed by atoms with Crippen LogP contribution in [-0.2, 0) is 4.79 Å². The zero-order chi connectivity index (χ0) is 10.7. The lowest BCUT2D eigenvalue weighted by atomic mass is 10.0. The van der Waals surface area contributed by atoms with Gasteiger partial charge in [0.1, 0.15) is 0 Å². The molecule has 14 heavy (non-hydrogen) atoms. The lowest BCUT2D eigenvalue weighted by Gasteiger charge is -2.16. The molecule has 1 amide bonds. The monoisotopic (exact) mass is 191 g/mol. The van der Waals surface area contributed by atoms with E-state index in [4.69, 9.17) is 0 Å². The summed E-state index contributed by atoms with van der Waals surface area (Å²) in [7, 11) is 1.78. The van der Waals surface area contributed by atoms with Crippen LogP contribution in [0, 0.1) is 6.92 Å². The molecule has 0 fully saturated rings. The first-order chi connectivity index (χ1) is 6.56. The molecule has 0 N–H and O–H groups in total. The fourth-order valence-electron chi connectivity index (χ4n) is 1.42. The highest BCUT2D eigenvalue weighted by Crippen LogP contribution is 2.23. The predicted molar refractivity (Wildman–Crippen MR) is 59.7 cm³/mol. The largest absolute Gasteiger partial charge is 0.318 e. The Kier molecular flexibility index (Phi) is 3.28. The number of nitrogens with zero attached hydrogens (tertiary/aromatic N) is 1. The van der Waals surface area contributed by atoms with Crippen LogP contribution in [-0.4, -0.2) is 13.5 Å². The maximum atomic E-state index is 10.7. The minimum absolute atomic E-state index is 0.495. The van der Waals surface area contributed by atoms with Gasteiger partial charge in [-0.3, -0.25) is 4.79 Å². The molecule has 1 rings (SSSR count). The Morgan fingerprint density at radius 3 is 2.50 bits per heavy atom. The lowest BCUT2D eigenvalue weighted by Crippen LogP contribution is -2.15. The van der Waals surface area contributed by atoms with Crippen molar-refractivity contribution in [3.8, 4) is 0 Å². The van der Waals surface area contributed by atoms with Gasteiger partial charge in [0.2, 0.25) is 6.41 Å². The van der Waals surface area contributed by atoms with E-state index in [-0.39, 0.29) is 0 Å². The third-order valence-electron chi connectivity index (χ3n) is 2.44. The van der Waals surface area contributed by atoms with E-state index in [0.717, 1.165) is 17.7 Å². The van der Waals surface area contributed by atoms with Gasteiger partial charge in [-0.2, -0.15) is 0 Å². The van der Waals surface area contributed by atoms with Gasteiger partial charge in [0, 0.05) is 12.7 Å². The maximum Gasteiger partial charge on any atom is 0.213 e. The highest BCUT2D eigenvalue weighted by Gasteiger charge is 2.06. The molecule has 0 bridgehead atoms. The summed E-state index contributed by atoms with van der Waals surface area (Å²) < 4.78 is 0. The van der Waals surface area contributed by atoms with Crippen LogP contribution in [0.15, 0.2) is 18.2 Å². The summed E-state index contributed by atoms with van der Waals surface area (Å²) in [5, 5.41) is 0. The van der Waals surface area contributed by atoms with Crippen molar-refractivity contribution >= 4 is 12.1 Å². The molecule has 1 aromatic carbocycles. The SMILES string of the molecule is Cc1ccc(C(C)C)cc1N(C)C=O. The molecule has 0 spiro atoms. The minimum Gasteiger partial charge on any atom is -0.318 e. The topological polar surface area (TPSA) is 20.3 Å². The molecule has 1 aromatic rings. The van der Waals surface area contributed by atoms with Gasteiger partial charge < -0.3 is 4.90 Å². The quantitative estimate of drug-likeness (QED) is 0.673. The van der Waals surface area contributed by atoms with Crippen molar-refractivity contribution in [2.75, 3.05) is 11.9 Å². The fraction of sp³-hybridized carbons (Fsp3) is 0.417. The maximum absolute atomic E-state index is 10.7. The summed E-state index contributed by atoms with van der Waals surface area (Å²) in [4.78, 5) is 12.3. The Morgan fingerprint density at radius 1 is 1.36 bits per heavy atom. The smallest absolute Gasteiger partial charge is 0.213 e. The number of aryl methyl sites for hydroxylation is 1. The third kappa shape index (κ3) is 2.13. The van der Waals surface area contributed by atoms with Crippen LogP contribution in [0.3, 0.4) is 0 Å². The normalized spacial score (nSPS) is 10.4. The first-order valence-electron chi connectivity index (χ1n) is 4.85. The molecular weight excluding hydrogens is 174 g/mol. The zero-order valence-corrected chi connectivity index (χ0v) is 9.24. The number of hydrogen-bond acceptors (Lipinski definition) is 1. The van der Waals surface area contributed by atoms with E-state index >= 15 is 0 Å². The molecule has 0 aliphatic rings. The van der Waals surface area contributed by atoms with Crippen LogP contribution in [0.1, 0.15) is 30.9 Å². The molecule has 0 saturated heterocycles. The molecule has 0 aromatic heterocycles. The number of anilines is 1. The molecule has 0 heterocycles. The summed E-state index contributed by atoms with van der Waals surface area (Å²) in [6, 6.07) is 6.25. The second-order valence-corrected chi connectivity index (χ2v) is 3.92. The molecule has 76 valence electrons. The summed E-state index contributed by atoms with van der Waals surface area (Å²) in [6.45, 7) is 6.31. The average Bonchev–Trinajstić information content (AvgIpc) is 2.17. The van der Waals surface area contributed by atoms with Crippen LogP contribution in [0.25, 0.3) is 0 Å². The van der Waals surface area contributed by atoms with Gasteiger partial charge in [0.05, 0.1) is 0 Å². The van der Waals surface area contributed by atoms with E-state index in [2.05, 4.69) is 32.0 Å². The van der Waals surface area contributed by atoms with Crippen LogP contribution in [0.5, 0.6) is 0 Å². The molecule has 0 saturated carbocycles. The average molecular weight is 191 g/mol. The molecule has 0 atom stereocenters. The minimum atomic E-state index is 0.495. The first kappa shape index (κ1) is 10.8. The number of benzene rings is 1. The molecular formula is C12H17NO. The standard InChI is InChI=1S/C12H17NO/c1-9(2)11-6-5-10(3)12(7-11)13(4)8-14/h5-9H,1-4H3. The van der Waals surface area contributed by atoms with Crippen LogP contribution in [0.2, 0.25) is 0 Å². The number of hydrogen-bond donors (Lipinski definition) is 0. The van der Waals surface area contributed by atoms with Gasteiger partial charge >= 0.3 is 0 Å². The number of amides is 1. The fourth-order valence-corrected chi connectivity index (χ4v) is 1.42. The van der Waals surface area contributed by atoms with Crippen molar-refractivity contribution < 1.29 is 4.79 Å². The second kappa shape index (κ2) is 4.27. The van der Waals surface area contributed by atoms with Crippen LogP contribution >= 0.6 is 0 Å². The molecule has 0 aliphatic heterocycles. The Bertz CT molecular complexity index is 331. The van der Waals surface area contributed by atoms with Gasteiger partial charge in [0.25, 0.3) is 0 Å². The van der Waals surface area contributed by atoms with Crippen molar-refractivity contribution in [1.29, 1.82) is 0 Å². The van der Waals surface area contributed by atoms with Gasteiger partial charge in [-0.05, 0) is 30.0 Å². The van der Waals surface area contributed by atoms with Crippen molar-refractivity contribution in [2.24, 2.45) is 0 Å². The van der Waals surface area contributed by atoms with Crippen molar-refractivity contribution in [2.45, 2.75) is 26.7 Å². The van der Waals surface area contributed by atoms with Gasteiger partial charge in [-0.1, -0.05) is 26.0 Å². The molecule has 0 unspecified atom stereocenters. The third-order valence-corrected chi connectivity index (χ3v) is 2.44. The molecule has 0 radical (unpaired) electrons. The number of carbonyl (C=O) groups excluding carboxylic acids is 1.